The first-order chi connectivity index (χ1) is 14.6. The molecule has 1 amide bonds. The molecular weight excluding hydrogens is 396 g/mol. The van der Waals surface area contributed by atoms with Gasteiger partial charge in [0.15, 0.2) is 0 Å². The van der Waals surface area contributed by atoms with E-state index in [0.29, 0.717) is 10.9 Å². The molecule has 3 aromatic rings. The van der Waals surface area contributed by atoms with Crippen LogP contribution in [0.15, 0.2) is 47.4 Å². The van der Waals surface area contributed by atoms with E-state index >= 15 is 0 Å². The standard InChI is InChI=1S/C28H36N2O2/c1-26(2,3)19-14-21(28(7,8)9)23(15-20(19)27(4,5)6)30-25(32)18-16-29-22-13-11-10-12-17(22)24(18)31/h10-16H,1-9H3,(H,29,31)(H,30,32). The molecule has 3 rings (SSSR count). The summed E-state index contributed by atoms with van der Waals surface area (Å²) in [4.78, 5) is 29.3. The summed E-state index contributed by atoms with van der Waals surface area (Å²) in [6, 6.07) is 11.6. The zero-order valence-corrected chi connectivity index (χ0v) is 20.9. The second-order valence-corrected chi connectivity index (χ2v) is 11.7. The van der Waals surface area contributed by atoms with Gasteiger partial charge in [0.1, 0.15) is 5.56 Å². The van der Waals surface area contributed by atoms with Crippen molar-refractivity contribution in [3.8, 4) is 0 Å². The van der Waals surface area contributed by atoms with Gasteiger partial charge in [-0.05, 0) is 51.1 Å². The minimum atomic E-state index is -0.397. The molecule has 170 valence electrons. The summed E-state index contributed by atoms with van der Waals surface area (Å²) >= 11 is 0. The second-order valence-electron chi connectivity index (χ2n) is 11.7. The maximum absolute atomic E-state index is 13.3. The Morgan fingerprint density at radius 2 is 1.31 bits per heavy atom. The van der Waals surface area contributed by atoms with Crippen LogP contribution in [0, 0.1) is 0 Å². The minimum Gasteiger partial charge on any atom is -0.360 e. The molecule has 4 nitrogen and oxygen atoms in total. The first kappa shape index (κ1) is 23.8. The fourth-order valence-corrected chi connectivity index (χ4v) is 4.09. The van der Waals surface area contributed by atoms with E-state index < -0.39 is 5.91 Å². The van der Waals surface area contributed by atoms with Crippen molar-refractivity contribution >= 4 is 22.5 Å². The van der Waals surface area contributed by atoms with Crippen molar-refractivity contribution < 1.29 is 4.79 Å². The summed E-state index contributed by atoms with van der Waals surface area (Å²) < 4.78 is 0. The van der Waals surface area contributed by atoms with Gasteiger partial charge in [-0.25, -0.2) is 0 Å². The summed E-state index contributed by atoms with van der Waals surface area (Å²) in [7, 11) is 0. The molecule has 0 atom stereocenters. The van der Waals surface area contributed by atoms with Crippen molar-refractivity contribution in [3.63, 3.8) is 0 Å². The molecule has 0 saturated heterocycles. The lowest BCUT2D eigenvalue weighted by molar-refractivity contribution is 0.102. The normalized spacial score (nSPS) is 12.8. The van der Waals surface area contributed by atoms with Crippen LogP contribution in [0.2, 0.25) is 0 Å². The highest BCUT2D eigenvalue weighted by atomic mass is 16.2. The maximum Gasteiger partial charge on any atom is 0.261 e. The van der Waals surface area contributed by atoms with Crippen LogP contribution in [0.3, 0.4) is 0 Å². The highest BCUT2D eigenvalue weighted by Gasteiger charge is 2.30. The molecule has 1 aromatic heterocycles. The number of pyridine rings is 1. The molecule has 0 fully saturated rings. The summed E-state index contributed by atoms with van der Waals surface area (Å²) in [5.41, 5.74) is 4.52. The Kier molecular flexibility index (Phi) is 5.88. The fourth-order valence-electron chi connectivity index (χ4n) is 4.09. The predicted octanol–water partition coefficient (Wildman–Crippen LogP) is 6.67. The van der Waals surface area contributed by atoms with E-state index in [2.05, 4.69) is 84.7 Å². The van der Waals surface area contributed by atoms with E-state index in [0.717, 1.165) is 11.3 Å². The number of carbonyl (C=O) groups excluding carboxylic acids is 1. The van der Waals surface area contributed by atoms with Crippen LogP contribution in [0.1, 0.15) is 89.4 Å². The molecule has 0 aliphatic heterocycles. The third kappa shape index (κ3) is 4.64. The number of rotatable bonds is 2. The van der Waals surface area contributed by atoms with Gasteiger partial charge in [-0.3, -0.25) is 9.59 Å². The molecule has 4 heteroatoms. The third-order valence-electron chi connectivity index (χ3n) is 5.86. The quantitative estimate of drug-likeness (QED) is 0.475. The molecule has 0 saturated carbocycles. The van der Waals surface area contributed by atoms with E-state index in [4.69, 9.17) is 0 Å². The van der Waals surface area contributed by atoms with Crippen LogP contribution in [0.5, 0.6) is 0 Å². The highest BCUT2D eigenvalue weighted by Crippen LogP contribution is 2.41. The molecule has 0 spiro atoms. The summed E-state index contributed by atoms with van der Waals surface area (Å²) in [6.45, 7) is 19.7. The Bertz CT molecular complexity index is 1230. The van der Waals surface area contributed by atoms with Crippen LogP contribution in [0.25, 0.3) is 10.9 Å². The van der Waals surface area contributed by atoms with Crippen molar-refractivity contribution in [3.05, 3.63) is 75.1 Å². The number of para-hydroxylation sites is 1. The molecule has 0 radical (unpaired) electrons. The van der Waals surface area contributed by atoms with Crippen LogP contribution < -0.4 is 10.7 Å². The predicted molar refractivity (Wildman–Crippen MR) is 135 cm³/mol. The number of anilines is 1. The topological polar surface area (TPSA) is 62.0 Å². The van der Waals surface area contributed by atoms with Gasteiger partial charge in [-0.15, -0.1) is 0 Å². The average Bonchev–Trinajstić information content (AvgIpc) is 2.65. The molecule has 0 bridgehead atoms. The van der Waals surface area contributed by atoms with Crippen molar-refractivity contribution in [1.29, 1.82) is 0 Å². The lowest BCUT2D eigenvalue weighted by Crippen LogP contribution is -2.27. The summed E-state index contributed by atoms with van der Waals surface area (Å²) in [6.07, 6.45) is 1.50. The second kappa shape index (κ2) is 7.91. The number of amides is 1. The Balaban J connectivity index is 2.18. The smallest absolute Gasteiger partial charge is 0.261 e. The van der Waals surface area contributed by atoms with Gasteiger partial charge < -0.3 is 10.3 Å². The lowest BCUT2D eigenvalue weighted by atomic mass is 9.72. The Morgan fingerprint density at radius 3 is 1.88 bits per heavy atom. The van der Waals surface area contributed by atoms with Gasteiger partial charge in [-0.2, -0.15) is 0 Å². The Morgan fingerprint density at radius 1 is 0.781 bits per heavy atom. The Hall–Kier alpha value is -2.88. The lowest BCUT2D eigenvalue weighted by Gasteiger charge is -2.34. The monoisotopic (exact) mass is 432 g/mol. The molecule has 0 aliphatic rings. The number of nitrogens with one attached hydrogen (secondary N) is 2. The molecule has 2 aromatic carbocycles. The summed E-state index contributed by atoms with van der Waals surface area (Å²) in [5, 5.41) is 3.58. The fraction of sp³-hybridized carbons (Fsp3) is 0.429. The zero-order chi connectivity index (χ0) is 24.1. The molecular formula is C28H36N2O2. The molecule has 1 heterocycles. The van der Waals surface area contributed by atoms with E-state index in [9.17, 15) is 9.59 Å². The molecule has 32 heavy (non-hydrogen) atoms. The van der Waals surface area contributed by atoms with Gasteiger partial charge >= 0.3 is 0 Å². The summed E-state index contributed by atoms with van der Waals surface area (Å²) in [5.74, 6) is -0.397. The van der Waals surface area contributed by atoms with Gasteiger partial charge in [0.25, 0.3) is 5.91 Å². The molecule has 0 aliphatic carbocycles. The first-order valence-corrected chi connectivity index (χ1v) is 11.2. The number of benzene rings is 2. The number of H-pyrrole nitrogens is 1. The van der Waals surface area contributed by atoms with Crippen molar-refractivity contribution in [1.82, 2.24) is 4.98 Å². The van der Waals surface area contributed by atoms with E-state index in [1.807, 2.05) is 12.1 Å². The third-order valence-corrected chi connectivity index (χ3v) is 5.86. The van der Waals surface area contributed by atoms with Gasteiger partial charge in [0.05, 0.1) is 0 Å². The van der Waals surface area contributed by atoms with E-state index in [1.54, 1.807) is 12.1 Å². The SMILES string of the molecule is CC(C)(C)c1cc(C(C)(C)C)c(C(C)(C)C)cc1NC(=O)c1c[nH]c2ccccc2c1=O. The van der Waals surface area contributed by atoms with Crippen LogP contribution >= 0.6 is 0 Å². The van der Waals surface area contributed by atoms with Crippen molar-refractivity contribution in [2.45, 2.75) is 78.6 Å². The van der Waals surface area contributed by atoms with E-state index in [-0.39, 0.29) is 27.2 Å². The number of fused-ring (bicyclic) bond motifs is 1. The maximum atomic E-state index is 13.3. The van der Waals surface area contributed by atoms with Crippen LogP contribution in [-0.4, -0.2) is 10.9 Å². The number of aromatic nitrogens is 1. The molecule has 2 N–H and O–H groups in total. The van der Waals surface area contributed by atoms with Crippen LogP contribution in [-0.2, 0) is 16.2 Å². The average molecular weight is 433 g/mol. The van der Waals surface area contributed by atoms with E-state index in [1.165, 1.54) is 17.3 Å². The zero-order valence-electron chi connectivity index (χ0n) is 20.9. The van der Waals surface area contributed by atoms with Crippen LogP contribution in [0.4, 0.5) is 5.69 Å². The number of hydrogen-bond acceptors (Lipinski definition) is 2. The van der Waals surface area contributed by atoms with Gasteiger partial charge in [0.2, 0.25) is 5.43 Å². The first-order valence-electron chi connectivity index (χ1n) is 11.2. The minimum absolute atomic E-state index is 0.0410. The number of hydrogen-bond donors (Lipinski definition) is 2. The largest absolute Gasteiger partial charge is 0.360 e. The molecule has 0 unspecified atom stereocenters. The van der Waals surface area contributed by atoms with Gasteiger partial charge in [-0.1, -0.05) is 80.5 Å². The highest BCUT2D eigenvalue weighted by molar-refractivity contribution is 6.06. The number of aromatic amines is 1. The number of carbonyl (C=O) groups is 1. The Labute approximate surface area is 191 Å². The van der Waals surface area contributed by atoms with Crippen molar-refractivity contribution in [2.24, 2.45) is 0 Å². The van der Waals surface area contributed by atoms with Crippen molar-refractivity contribution in [2.75, 3.05) is 5.32 Å². The van der Waals surface area contributed by atoms with Gasteiger partial charge in [0, 0.05) is 22.8 Å².